The van der Waals surface area contributed by atoms with Gasteiger partial charge in [0.25, 0.3) is 15.9 Å². The Balaban J connectivity index is 1.47. The number of likely N-dealkylation sites (tertiary alicyclic amines) is 1. The number of hydrogen-bond donors (Lipinski definition) is 0. The van der Waals surface area contributed by atoms with Gasteiger partial charge in [0, 0.05) is 63.6 Å². The van der Waals surface area contributed by atoms with E-state index in [9.17, 15) is 13.7 Å². The number of nitrogens with zero attached hydrogens (tertiary/aromatic N) is 7. The molecule has 14 heteroatoms. The number of rotatable bonds is 12. The molecule has 3 aromatic rings. The summed E-state index contributed by atoms with van der Waals surface area (Å²) in [5.74, 6) is -0.757. The van der Waals surface area contributed by atoms with Crippen LogP contribution in [0.4, 0.5) is 10.5 Å². The number of piperidine rings is 1. The fourth-order valence-corrected chi connectivity index (χ4v) is 9.71. The van der Waals surface area contributed by atoms with Crippen molar-refractivity contribution in [2.75, 3.05) is 70.4 Å². The van der Waals surface area contributed by atoms with E-state index in [1.807, 2.05) is 6.92 Å². The Morgan fingerprint density at radius 3 is 2.38 bits per heavy atom. The highest BCUT2D eigenvalue weighted by Crippen LogP contribution is 2.53. The predicted octanol–water partition coefficient (Wildman–Crippen LogP) is 4.66. The number of carbonyl (C=O) groups excluding carboxylic acids is 2. The summed E-state index contributed by atoms with van der Waals surface area (Å²) >= 11 is 0. The number of pyridine rings is 1. The Morgan fingerprint density at radius 1 is 0.981 bits per heavy atom. The first kappa shape index (κ1) is 38.0. The lowest BCUT2D eigenvalue weighted by atomic mass is 9.81. The molecule has 282 valence electrons. The SMILES string of the molecule is CCCN1CCN(C2CCN(C(=O)N(CCC)C3(c4cccnc4OCC)C(=O)N(S(=O)(=O)c4ccccc4OC)c4ccc(C#N)cc43)CC2)CC1. The topological polar surface area (TPSA) is 140 Å². The summed E-state index contributed by atoms with van der Waals surface area (Å²) < 4.78 is 41.7. The van der Waals surface area contributed by atoms with E-state index in [1.165, 1.54) is 48.5 Å². The van der Waals surface area contributed by atoms with Crippen LogP contribution in [0.15, 0.2) is 65.7 Å². The molecule has 1 atom stereocenters. The van der Waals surface area contributed by atoms with E-state index in [0.29, 0.717) is 25.6 Å². The third kappa shape index (κ3) is 6.82. The molecular formula is C39H49N7O6S. The molecule has 4 heterocycles. The summed E-state index contributed by atoms with van der Waals surface area (Å²) in [7, 11) is -3.28. The average Bonchev–Trinajstić information content (AvgIpc) is 3.45. The zero-order valence-electron chi connectivity index (χ0n) is 31.0. The minimum Gasteiger partial charge on any atom is -0.495 e. The normalized spacial score (nSPS) is 19.9. The third-order valence-electron chi connectivity index (χ3n) is 10.5. The lowest BCUT2D eigenvalue weighted by Gasteiger charge is -2.46. The molecule has 13 nitrogen and oxygen atoms in total. The maximum atomic E-state index is 15.6. The zero-order chi connectivity index (χ0) is 37.8. The Labute approximate surface area is 312 Å². The molecule has 0 aliphatic carbocycles. The lowest BCUT2D eigenvalue weighted by molar-refractivity contribution is -0.125. The van der Waals surface area contributed by atoms with Gasteiger partial charge in [-0.2, -0.15) is 9.57 Å². The molecule has 3 aliphatic heterocycles. The van der Waals surface area contributed by atoms with Crippen molar-refractivity contribution in [2.24, 2.45) is 0 Å². The highest BCUT2D eigenvalue weighted by molar-refractivity contribution is 7.93. The van der Waals surface area contributed by atoms with E-state index in [0.717, 1.165) is 56.3 Å². The number of piperazine rings is 1. The van der Waals surface area contributed by atoms with Crippen LogP contribution in [0, 0.1) is 11.3 Å². The third-order valence-corrected chi connectivity index (χ3v) is 12.3. The summed E-state index contributed by atoms with van der Waals surface area (Å²) in [5, 5.41) is 10.1. The van der Waals surface area contributed by atoms with Crippen LogP contribution in [0.2, 0.25) is 0 Å². The van der Waals surface area contributed by atoms with Crippen molar-refractivity contribution in [3.63, 3.8) is 0 Å². The number of benzene rings is 2. The van der Waals surface area contributed by atoms with Crippen LogP contribution >= 0.6 is 0 Å². The van der Waals surface area contributed by atoms with E-state index in [-0.39, 0.29) is 52.1 Å². The number of amides is 3. The molecule has 53 heavy (non-hydrogen) atoms. The standard InChI is InChI=1S/C39H49N7O6S/c1-5-19-42-23-25-43(26-24-42)30-16-21-44(22-17-30)38(48)45(20-6-2)39(31-11-10-18-41-36(31)52-7-3)32-27-29(28-40)14-15-33(32)46(37(39)47)53(49,50)35-13-9-8-12-34(35)51-4/h8-15,18,27,30H,5-7,16-17,19-26H2,1-4H3. The lowest BCUT2D eigenvalue weighted by Crippen LogP contribution is -2.61. The first-order valence-corrected chi connectivity index (χ1v) is 20.0. The molecule has 1 unspecified atom stereocenters. The predicted molar refractivity (Wildman–Crippen MR) is 200 cm³/mol. The number of carbonyl (C=O) groups is 2. The molecule has 1 aromatic heterocycles. The summed E-state index contributed by atoms with van der Waals surface area (Å²) in [6.07, 6.45) is 4.67. The van der Waals surface area contributed by atoms with Crippen LogP contribution in [-0.4, -0.2) is 117 Å². The van der Waals surface area contributed by atoms with Crippen LogP contribution < -0.4 is 13.8 Å². The van der Waals surface area contributed by atoms with Gasteiger partial charge in [-0.05, 0) is 81.6 Å². The maximum absolute atomic E-state index is 15.6. The highest BCUT2D eigenvalue weighted by Gasteiger charge is 2.62. The van der Waals surface area contributed by atoms with Crippen molar-refractivity contribution < 1.29 is 27.5 Å². The van der Waals surface area contributed by atoms with Gasteiger partial charge in [0.15, 0.2) is 5.54 Å². The monoisotopic (exact) mass is 743 g/mol. The second-order valence-corrected chi connectivity index (χ2v) is 15.4. The van der Waals surface area contributed by atoms with Crippen LogP contribution in [-0.2, 0) is 20.4 Å². The molecule has 0 saturated carbocycles. The van der Waals surface area contributed by atoms with Gasteiger partial charge in [0.2, 0.25) is 5.88 Å². The molecule has 6 rings (SSSR count). The van der Waals surface area contributed by atoms with Gasteiger partial charge in [0.05, 0.1) is 36.6 Å². The van der Waals surface area contributed by atoms with E-state index < -0.39 is 27.5 Å². The minimum atomic E-state index is -4.64. The smallest absolute Gasteiger partial charge is 0.321 e. The molecule has 0 radical (unpaired) electrons. The molecular weight excluding hydrogens is 695 g/mol. The van der Waals surface area contributed by atoms with E-state index in [4.69, 9.17) is 9.47 Å². The van der Waals surface area contributed by atoms with Crippen LogP contribution in [0.25, 0.3) is 0 Å². The van der Waals surface area contributed by atoms with Crippen LogP contribution in [0.3, 0.4) is 0 Å². The fraction of sp³-hybridized carbons (Fsp3) is 0.487. The molecule has 3 aliphatic rings. The second kappa shape index (κ2) is 16.1. The van der Waals surface area contributed by atoms with E-state index in [1.54, 1.807) is 36.1 Å². The number of nitriles is 1. The maximum Gasteiger partial charge on any atom is 0.321 e. The number of aromatic nitrogens is 1. The molecule has 2 fully saturated rings. The number of fused-ring (bicyclic) bond motifs is 1. The average molecular weight is 744 g/mol. The van der Waals surface area contributed by atoms with Crippen LogP contribution in [0.1, 0.15) is 63.1 Å². The number of methoxy groups -OCH3 is 1. The summed E-state index contributed by atoms with van der Waals surface area (Å²) in [6, 6.07) is 15.9. The molecule has 3 amide bonds. The van der Waals surface area contributed by atoms with Gasteiger partial charge in [0.1, 0.15) is 10.6 Å². The van der Waals surface area contributed by atoms with Crippen molar-refractivity contribution in [3.8, 4) is 17.7 Å². The summed E-state index contributed by atoms with van der Waals surface area (Å²) in [6.45, 7) is 12.3. The van der Waals surface area contributed by atoms with E-state index in [2.05, 4.69) is 27.8 Å². The molecule has 2 aromatic carbocycles. The van der Waals surface area contributed by atoms with Gasteiger partial charge in [-0.15, -0.1) is 0 Å². The number of para-hydroxylation sites is 1. The van der Waals surface area contributed by atoms with Crippen molar-refractivity contribution >= 4 is 27.6 Å². The highest BCUT2D eigenvalue weighted by atomic mass is 32.2. The van der Waals surface area contributed by atoms with E-state index >= 15 is 9.59 Å². The first-order chi connectivity index (χ1) is 25.7. The quantitative estimate of drug-likeness (QED) is 0.257. The van der Waals surface area contributed by atoms with Crippen molar-refractivity contribution in [1.82, 2.24) is 24.6 Å². The molecule has 0 spiro atoms. The van der Waals surface area contributed by atoms with Crippen molar-refractivity contribution in [2.45, 2.75) is 62.9 Å². The largest absolute Gasteiger partial charge is 0.495 e. The molecule has 2 saturated heterocycles. The number of anilines is 1. The fourth-order valence-electron chi connectivity index (χ4n) is 8.09. The Kier molecular flexibility index (Phi) is 11.6. The molecule has 0 N–H and O–H groups in total. The summed E-state index contributed by atoms with van der Waals surface area (Å²) in [4.78, 5) is 43.3. The second-order valence-electron chi connectivity index (χ2n) is 13.6. The Bertz CT molecular complexity index is 1950. The minimum absolute atomic E-state index is 0.0287. The number of sulfonamides is 1. The van der Waals surface area contributed by atoms with Gasteiger partial charge in [-0.3, -0.25) is 9.69 Å². The number of ether oxygens (including phenoxy) is 2. The zero-order valence-corrected chi connectivity index (χ0v) is 31.8. The van der Waals surface area contributed by atoms with Gasteiger partial charge in [-0.25, -0.2) is 18.2 Å². The Morgan fingerprint density at radius 2 is 1.72 bits per heavy atom. The Hall–Kier alpha value is -4.71. The number of urea groups is 1. The van der Waals surface area contributed by atoms with Gasteiger partial charge < -0.3 is 24.2 Å². The molecule has 0 bridgehead atoms. The number of hydrogen-bond acceptors (Lipinski definition) is 10. The van der Waals surface area contributed by atoms with Crippen molar-refractivity contribution in [3.05, 3.63) is 77.5 Å². The van der Waals surface area contributed by atoms with Gasteiger partial charge >= 0.3 is 6.03 Å². The van der Waals surface area contributed by atoms with Crippen molar-refractivity contribution in [1.29, 1.82) is 5.26 Å². The van der Waals surface area contributed by atoms with Gasteiger partial charge in [-0.1, -0.05) is 26.0 Å². The summed E-state index contributed by atoms with van der Waals surface area (Å²) in [5.41, 5.74) is -1.45. The van der Waals surface area contributed by atoms with Crippen LogP contribution in [0.5, 0.6) is 11.6 Å². The first-order valence-electron chi connectivity index (χ1n) is 18.6.